The number of sulfone groups is 1. The van der Waals surface area contributed by atoms with Gasteiger partial charge in [-0.05, 0) is 43.2 Å². The SMILES string of the molecule is CC(C)(N)C1=CS(=O)(=O)c2ccc(C(F)(F)F)cc21. The summed E-state index contributed by atoms with van der Waals surface area (Å²) in [6.07, 6.45) is -4.52. The van der Waals surface area contributed by atoms with Gasteiger partial charge in [0.1, 0.15) is 0 Å². The lowest BCUT2D eigenvalue weighted by atomic mass is 9.90. The quantitative estimate of drug-likeness (QED) is 0.865. The van der Waals surface area contributed by atoms with Crippen LogP contribution in [-0.2, 0) is 16.0 Å². The Balaban J connectivity index is 2.72. The molecule has 3 nitrogen and oxygen atoms in total. The van der Waals surface area contributed by atoms with Crippen molar-refractivity contribution in [2.24, 2.45) is 5.73 Å². The molecule has 0 aliphatic carbocycles. The minimum atomic E-state index is -4.52. The van der Waals surface area contributed by atoms with E-state index >= 15 is 0 Å². The molecule has 0 fully saturated rings. The second kappa shape index (κ2) is 3.83. The summed E-state index contributed by atoms with van der Waals surface area (Å²) in [5.74, 6) is 0. The van der Waals surface area contributed by atoms with E-state index in [9.17, 15) is 21.6 Å². The molecule has 1 aliphatic rings. The minimum Gasteiger partial charge on any atom is -0.322 e. The van der Waals surface area contributed by atoms with E-state index in [4.69, 9.17) is 5.73 Å². The fourth-order valence-electron chi connectivity index (χ4n) is 1.95. The van der Waals surface area contributed by atoms with Gasteiger partial charge in [-0.25, -0.2) is 8.42 Å². The molecule has 0 bridgehead atoms. The van der Waals surface area contributed by atoms with E-state index in [-0.39, 0.29) is 16.0 Å². The highest BCUT2D eigenvalue weighted by atomic mass is 32.2. The van der Waals surface area contributed by atoms with Crippen LogP contribution in [0.2, 0.25) is 0 Å². The highest BCUT2D eigenvalue weighted by molar-refractivity contribution is 7.95. The van der Waals surface area contributed by atoms with Gasteiger partial charge in [-0.1, -0.05) is 0 Å². The second-order valence-corrected chi connectivity index (χ2v) is 6.77. The zero-order valence-corrected chi connectivity index (χ0v) is 11.1. The maximum absolute atomic E-state index is 12.7. The van der Waals surface area contributed by atoms with E-state index in [0.29, 0.717) is 0 Å². The van der Waals surface area contributed by atoms with Crippen LogP contribution >= 0.6 is 0 Å². The van der Waals surface area contributed by atoms with Gasteiger partial charge in [-0.3, -0.25) is 0 Å². The van der Waals surface area contributed by atoms with Gasteiger partial charge in [0.2, 0.25) is 9.84 Å². The molecule has 0 spiro atoms. The van der Waals surface area contributed by atoms with Crippen molar-refractivity contribution in [3.05, 3.63) is 34.7 Å². The summed E-state index contributed by atoms with van der Waals surface area (Å²) in [4.78, 5) is -0.131. The molecule has 1 heterocycles. The van der Waals surface area contributed by atoms with Crippen molar-refractivity contribution in [1.29, 1.82) is 0 Å². The van der Waals surface area contributed by atoms with Crippen LogP contribution in [-0.4, -0.2) is 14.0 Å². The number of halogens is 3. The van der Waals surface area contributed by atoms with Crippen LogP contribution in [0.3, 0.4) is 0 Å². The first-order valence-electron chi connectivity index (χ1n) is 5.41. The molecule has 1 aliphatic heterocycles. The van der Waals surface area contributed by atoms with Crippen molar-refractivity contribution in [3.63, 3.8) is 0 Å². The molecule has 0 atom stereocenters. The van der Waals surface area contributed by atoms with E-state index in [0.717, 1.165) is 23.6 Å². The van der Waals surface area contributed by atoms with Gasteiger partial charge in [0, 0.05) is 10.9 Å². The van der Waals surface area contributed by atoms with Crippen LogP contribution in [0, 0.1) is 0 Å². The Labute approximate surface area is 108 Å². The lowest BCUT2D eigenvalue weighted by Gasteiger charge is -2.21. The van der Waals surface area contributed by atoms with Crippen molar-refractivity contribution in [3.8, 4) is 0 Å². The molecule has 2 N–H and O–H groups in total. The molecule has 0 aromatic heterocycles. The molecular formula is C12H12F3NO2S. The van der Waals surface area contributed by atoms with Crippen LogP contribution in [0.25, 0.3) is 5.57 Å². The Morgan fingerprint density at radius 3 is 2.21 bits per heavy atom. The molecule has 19 heavy (non-hydrogen) atoms. The normalized spacial score (nSPS) is 18.1. The zero-order chi connectivity index (χ0) is 14.6. The predicted octanol–water partition coefficient (Wildman–Crippen LogP) is 2.57. The molecule has 104 valence electrons. The number of alkyl halides is 3. The van der Waals surface area contributed by atoms with E-state index in [1.807, 2.05) is 0 Å². The average molecular weight is 291 g/mol. The van der Waals surface area contributed by atoms with Crippen molar-refractivity contribution >= 4 is 15.4 Å². The van der Waals surface area contributed by atoms with E-state index in [2.05, 4.69) is 0 Å². The number of rotatable bonds is 1. The summed E-state index contributed by atoms with van der Waals surface area (Å²) in [6.45, 7) is 3.09. The minimum absolute atomic E-state index is 0.0299. The standard InChI is InChI=1S/C12H12F3NO2S/c1-11(2,16)9-6-19(17,18)10-4-3-7(5-8(9)10)12(13,14)15/h3-6H,16H2,1-2H3. The third kappa shape index (κ3) is 2.40. The molecule has 0 saturated heterocycles. The number of nitrogens with two attached hydrogens (primary N) is 1. The summed E-state index contributed by atoms with van der Waals surface area (Å²) in [7, 11) is -3.71. The van der Waals surface area contributed by atoms with Crippen LogP contribution < -0.4 is 5.73 Å². The van der Waals surface area contributed by atoms with Crippen molar-refractivity contribution in [2.45, 2.75) is 30.5 Å². The number of benzene rings is 1. The fraction of sp³-hybridized carbons (Fsp3) is 0.333. The lowest BCUT2D eigenvalue weighted by molar-refractivity contribution is -0.137. The predicted molar refractivity (Wildman–Crippen MR) is 64.9 cm³/mol. The molecule has 0 saturated carbocycles. The van der Waals surface area contributed by atoms with E-state index in [1.54, 1.807) is 13.8 Å². The van der Waals surface area contributed by atoms with Crippen molar-refractivity contribution in [1.82, 2.24) is 0 Å². The van der Waals surface area contributed by atoms with Crippen LogP contribution in [0.1, 0.15) is 25.0 Å². The topological polar surface area (TPSA) is 60.2 Å². The van der Waals surface area contributed by atoms with Gasteiger partial charge in [-0.2, -0.15) is 13.2 Å². The fourth-order valence-corrected chi connectivity index (χ4v) is 3.55. The average Bonchev–Trinajstić information content (AvgIpc) is 2.49. The Morgan fingerprint density at radius 2 is 1.74 bits per heavy atom. The summed E-state index contributed by atoms with van der Waals surface area (Å²) in [6, 6.07) is 2.57. The first-order valence-corrected chi connectivity index (χ1v) is 6.95. The Morgan fingerprint density at radius 1 is 1.16 bits per heavy atom. The van der Waals surface area contributed by atoms with E-state index < -0.39 is 27.1 Å². The van der Waals surface area contributed by atoms with Crippen LogP contribution in [0.5, 0.6) is 0 Å². The Hall–Kier alpha value is -1.34. The van der Waals surface area contributed by atoms with Gasteiger partial charge in [0.25, 0.3) is 0 Å². The van der Waals surface area contributed by atoms with Crippen molar-refractivity contribution < 1.29 is 21.6 Å². The monoisotopic (exact) mass is 291 g/mol. The van der Waals surface area contributed by atoms with E-state index in [1.165, 1.54) is 0 Å². The Bertz CT molecular complexity index is 667. The highest BCUT2D eigenvalue weighted by Gasteiger charge is 2.37. The van der Waals surface area contributed by atoms with Gasteiger partial charge in [0.15, 0.2) is 0 Å². The summed E-state index contributed by atoms with van der Waals surface area (Å²) in [5, 5.41) is 0.942. The van der Waals surface area contributed by atoms with Crippen LogP contribution in [0.15, 0.2) is 28.5 Å². The van der Waals surface area contributed by atoms with Gasteiger partial charge < -0.3 is 5.73 Å². The first-order chi connectivity index (χ1) is 8.43. The number of hydrogen-bond donors (Lipinski definition) is 1. The van der Waals surface area contributed by atoms with Crippen LogP contribution in [0.4, 0.5) is 13.2 Å². The molecule has 0 radical (unpaired) electrons. The van der Waals surface area contributed by atoms with Crippen molar-refractivity contribution in [2.75, 3.05) is 0 Å². The number of fused-ring (bicyclic) bond motifs is 1. The highest BCUT2D eigenvalue weighted by Crippen LogP contribution is 2.41. The largest absolute Gasteiger partial charge is 0.416 e. The smallest absolute Gasteiger partial charge is 0.322 e. The summed E-state index contributed by atoms with van der Waals surface area (Å²) in [5.41, 5.74) is 4.11. The molecule has 1 aromatic carbocycles. The van der Waals surface area contributed by atoms with Gasteiger partial charge >= 0.3 is 6.18 Å². The molecule has 0 unspecified atom stereocenters. The number of hydrogen-bond acceptors (Lipinski definition) is 3. The molecular weight excluding hydrogens is 279 g/mol. The maximum Gasteiger partial charge on any atom is 0.416 e. The third-order valence-corrected chi connectivity index (χ3v) is 4.39. The summed E-state index contributed by atoms with van der Waals surface area (Å²) < 4.78 is 61.7. The molecule has 1 aromatic rings. The van der Waals surface area contributed by atoms with Gasteiger partial charge in [-0.15, -0.1) is 0 Å². The molecule has 7 heteroatoms. The maximum atomic E-state index is 12.7. The second-order valence-electron chi connectivity index (χ2n) is 5.01. The lowest BCUT2D eigenvalue weighted by Crippen LogP contribution is -2.33. The molecule has 0 amide bonds. The zero-order valence-electron chi connectivity index (χ0n) is 10.2. The summed E-state index contributed by atoms with van der Waals surface area (Å²) >= 11 is 0. The van der Waals surface area contributed by atoms with Gasteiger partial charge in [0.05, 0.1) is 10.5 Å². The Kier molecular flexibility index (Phi) is 2.84. The third-order valence-electron chi connectivity index (χ3n) is 2.87. The first kappa shape index (κ1) is 14.1. The molecule has 2 rings (SSSR count).